The fraction of sp³-hybridized carbons (Fsp3) is 0.750. The second kappa shape index (κ2) is 4.23. The van der Waals surface area contributed by atoms with Gasteiger partial charge in [0.1, 0.15) is 0 Å². The maximum atomic E-state index is 9.70. The molecule has 0 aliphatic carbocycles. The molecule has 0 aliphatic rings. The van der Waals surface area contributed by atoms with Gasteiger partial charge in [0.05, 0.1) is 5.92 Å². The van der Waals surface area contributed by atoms with Crippen LogP contribution < -0.4 is 0 Å². The van der Waals surface area contributed by atoms with Crippen LogP contribution in [0, 0.1) is 5.92 Å². The van der Waals surface area contributed by atoms with Crippen molar-refractivity contribution >= 4 is 24.8 Å². The molecule has 0 spiro atoms. The average Bonchev–Trinajstić information content (AvgIpc) is 1.36. The van der Waals surface area contributed by atoms with Gasteiger partial charge < -0.3 is 5.11 Å². The molecule has 3 heteroatoms. The van der Waals surface area contributed by atoms with Crippen LogP contribution in [-0.4, -0.2) is 29.9 Å². The Morgan fingerprint density at radius 1 is 1.57 bits per heavy atom. The van der Waals surface area contributed by atoms with E-state index in [0.29, 0.717) is 0 Å². The third-order valence-corrected chi connectivity index (χ3v) is 0.494. The molecule has 0 fully saturated rings. The Morgan fingerprint density at radius 3 is 1.71 bits per heavy atom. The van der Waals surface area contributed by atoms with Crippen molar-refractivity contribution in [2.24, 2.45) is 5.92 Å². The van der Waals surface area contributed by atoms with Gasteiger partial charge in [-0.1, -0.05) is 13.8 Å². The van der Waals surface area contributed by atoms with E-state index in [1.807, 2.05) is 0 Å². The van der Waals surface area contributed by atoms with Crippen LogP contribution in [0.3, 0.4) is 0 Å². The van der Waals surface area contributed by atoms with Crippen LogP contribution in [0.25, 0.3) is 0 Å². The van der Waals surface area contributed by atoms with Crippen LogP contribution in [0.15, 0.2) is 0 Å². The van der Waals surface area contributed by atoms with E-state index in [1.165, 1.54) is 0 Å². The summed E-state index contributed by atoms with van der Waals surface area (Å²) in [5, 5.41) is 7.99. The van der Waals surface area contributed by atoms with E-state index in [9.17, 15) is 4.79 Å². The summed E-state index contributed by atoms with van der Waals surface area (Å²) in [6, 6.07) is 0. The Hall–Kier alpha value is 0.0674. The fourth-order valence-electron chi connectivity index (χ4n) is 0. The van der Waals surface area contributed by atoms with Gasteiger partial charge in [-0.15, -0.1) is 0 Å². The van der Waals surface area contributed by atoms with Crippen molar-refractivity contribution in [3.8, 4) is 0 Å². The van der Waals surface area contributed by atoms with E-state index in [4.69, 9.17) is 5.11 Å². The van der Waals surface area contributed by atoms with Crippen molar-refractivity contribution in [3.63, 3.8) is 0 Å². The minimum atomic E-state index is -0.741. The van der Waals surface area contributed by atoms with E-state index in [-0.39, 0.29) is 24.8 Å². The number of rotatable bonds is 1. The molecule has 0 heterocycles. The van der Waals surface area contributed by atoms with Gasteiger partial charge in [-0.3, -0.25) is 4.79 Å². The van der Waals surface area contributed by atoms with Crippen molar-refractivity contribution in [2.75, 3.05) is 0 Å². The predicted molar refractivity (Wildman–Crippen MR) is 29.6 cm³/mol. The van der Waals surface area contributed by atoms with Gasteiger partial charge >= 0.3 is 24.8 Å². The zero-order valence-electron chi connectivity index (χ0n) is 3.93. The van der Waals surface area contributed by atoms with E-state index in [2.05, 4.69) is 0 Å². The standard InChI is InChI=1S/C4H8O2.Li.H/c1-3(2)4(5)6;;/h3H,1-2H3,(H,5,6);;. The number of carboxylic acids is 1. The molecule has 0 aliphatic heterocycles. The molecule has 0 atom stereocenters. The summed E-state index contributed by atoms with van der Waals surface area (Å²) in [6.45, 7) is 3.28. The Labute approximate surface area is 55.1 Å². The molecule has 0 aromatic carbocycles. The SMILES string of the molecule is CC(C)C(=O)O.[LiH]. The quantitative estimate of drug-likeness (QED) is 0.469. The van der Waals surface area contributed by atoms with Gasteiger partial charge in [0.2, 0.25) is 0 Å². The van der Waals surface area contributed by atoms with Crippen molar-refractivity contribution in [1.82, 2.24) is 0 Å². The zero-order chi connectivity index (χ0) is 5.15. The summed E-state index contributed by atoms with van der Waals surface area (Å²) in [5.74, 6) is -0.972. The van der Waals surface area contributed by atoms with E-state index >= 15 is 0 Å². The summed E-state index contributed by atoms with van der Waals surface area (Å²) < 4.78 is 0. The van der Waals surface area contributed by atoms with Crippen LogP contribution in [0.2, 0.25) is 0 Å². The summed E-state index contributed by atoms with van der Waals surface area (Å²) in [7, 11) is 0. The van der Waals surface area contributed by atoms with Crippen LogP contribution in [0.5, 0.6) is 0 Å². The monoisotopic (exact) mass is 96.1 g/mol. The molecule has 38 valence electrons. The molecular formula is C4H9LiO2. The number of hydrogen-bond acceptors (Lipinski definition) is 1. The first kappa shape index (κ1) is 10.1. The second-order valence-corrected chi connectivity index (χ2v) is 1.49. The zero-order valence-corrected chi connectivity index (χ0v) is 3.93. The van der Waals surface area contributed by atoms with Gasteiger partial charge in [-0.05, 0) is 0 Å². The Morgan fingerprint density at radius 2 is 1.71 bits per heavy atom. The maximum absolute atomic E-state index is 9.70. The number of hydrogen-bond donors (Lipinski definition) is 1. The van der Waals surface area contributed by atoms with Crippen molar-refractivity contribution in [1.29, 1.82) is 0 Å². The summed E-state index contributed by atoms with van der Waals surface area (Å²) in [6.07, 6.45) is 0. The van der Waals surface area contributed by atoms with Crippen LogP contribution >= 0.6 is 0 Å². The van der Waals surface area contributed by atoms with Crippen LogP contribution in [0.4, 0.5) is 0 Å². The predicted octanol–water partition coefficient (Wildman–Crippen LogP) is 0.0785. The number of carbonyl (C=O) groups is 1. The number of carboxylic acid groups (broad SMARTS) is 1. The van der Waals surface area contributed by atoms with Crippen molar-refractivity contribution in [2.45, 2.75) is 13.8 Å². The molecule has 0 amide bonds. The first-order valence-electron chi connectivity index (χ1n) is 1.87. The van der Waals surface area contributed by atoms with Crippen molar-refractivity contribution in [3.05, 3.63) is 0 Å². The Kier molecular flexibility index (Phi) is 6.13. The number of aliphatic carboxylic acids is 1. The average molecular weight is 96.1 g/mol. The Bertz CT molecular complexity index is 60.7. The van der Waals surface area contributed by atoms with Crippen molar-refractivity contribution < 1.29 is 9.90 Å². The van der Waals surface area contributed by atoms with Gasteiger partial charge in [0, 0.05) is 0 Å². The van der Waals surface area contributed by atoms with Crippen LogP contribution in [0.1, 0.15) is 13.8 Å². The minimum absolute atomic E-state index is 0. The van der Waals surface area contributed by atoms with E-state index in [0.717, 1.165) is 0 Å². The van der Waals surface area contributed by atoms with Gasteiger partial charge in [-0.2, -0.15) is 0 Å². The third kappa shape index (κ3) is 6.07. The topological polar surface area (TPSA) is 37.3 Å². The molecule has 0 unspecified atom stereocenters. The second-order valence-electron chi connectivity index (χ2n) is 1.49. The van der Waals surface area contributed by atoms with Gasteiger partial charge in [0.25, 0.3) is 0 Å². The van der Waals surface area contributed by atoms with Gasteiger partial charge in [-0.25, -0.2) is 0 Å². The molecule has 0 saturated carbocycles. The molecule has 1 N–H and O–H groups in total. The molecule has 2 nitrogen and oxygen atoms in total. The fourth-order valence-corrected chi connectivity index (χ4v) is 0. The van der Waals surface area contributed by atoms with Crippen LogP contribution in [-0.2, 0) is 4.79 Å². The van der Waals surface area contributed by atoms with Gasteiger partial charge in [0.15, 0.2) is 0 Å². The summed E-state index contributed by atoms with van der Waals surface area (Å²) in [5.41, 5.74) is 0. The normalized spacial score (nSPS) is 7.86. The summed E-state index contributed by atoms with van der Waals surface area (Å²) >= 11 is 0. The third-order valence-electron chi connectivity index (χ3n) is 0.494. The first-order valence-corrected chi connectivity index (χ1v) is 1.87. The molecular weight excluding hydrogens is 87.0 g/mol. The Balaban J connectivity index is 0. The molecule has 0 rings (SSSR count). The molecule has 0 bridgehead atoms. The summed E-state index contributed by atoms with van der Waals surface area (Å²) in [4.78, 5) is 9.70. The molecule has 0 radical (unpaired) electrons. The van der Waals surface area contributed by atoms with E-state index < -0.39 is 5.97 Å². The molecule has 7 heavy (non-hydrogen) atoms. The molecule has 0 aromatic heterocycles. The van der Waals surface area contributed by atoms with E-state index in [1.54, 1.807) is 13.8 Å². The first-order chi connectivity index (χ1) is 2.64. The molecule has 0 saturated heterocycles. The molecule has 0 aromatic rings.